The van der Waals surface area contributed by atoms with Crippen molar-refractivity contribution < 1.29 is 9.52 Å². The molecule has 0 aliphatic heterocycles. The van der Waals surface area contributed by atoms with Gasteiger partial charge < -0.3 is 9.52 Å². The van der Waals surface area contributed by atoms with Crippen LogP contribution in [0.2, 0.25) is 5.02 Å². The molecule has 1 unspecified atom stereocenters. The minimum Gasteiger partial charge on any atom is -0.458 e. The van der Waals surface area contributed by atoms with Crippen LogP contribution in [0.3, 0.4) is 0 Å². The van der Waals surface area contributed by atoms with E-state index in [9.17, 15) is 5.11 Å². The second kappa shape index (κ2) is 4.72. The number of aliphatic hydroxyl groups excluding tert-OH is 1. The van der Waals surface area contributed by atoms with Crippen LogP contribution in [0.4, 0.5) is 0 Å². The Morgan fingerprint density at radius 3 is 2.89 bits per heavy atom. The number of hydrogen-bond acceptors (Lipinski definition) is 3. The molecule has 0 bridgehead atoms. The van der Waals surface area contributed by atoms with Crippen LogP contribution in [-0.4, -0.2) is 14.9 Å². The molecule has 4 nitrogen and oxygen atoms in total. The lowest BCUT2D eigenvalue weighted by Gasteiger charge is -2.09. The van der Waals surface area contributed by atoms with Crippen LogP contribution in [0.15, 0.2) is 40.9 Å². The Morgan fingerprint density at radius 2 is 2.21 bits per heavy atom. The Kier molecular flexibility index (Phi) is 3.05. The van der Waals surface area contributed by atoms with Gasteiger partial charge in [0.1, 0.15) is 17.4 Å². The number of aliphatic hydroxyl groups is 1. The highest BCUT2D eigenvalue weighted by molar-refractivity contribution is 6.31. The molecule has 0 fully saturated rings. The van der Waals surface area contributed by atoms with Gasteiger partial charge in [-0.3, -0.25) is 4.68 Å². The summed E-state index contributed by atoms with van der Waals surface area (Å²) in [6.45, 7) is 2.18. The highest BCUT2D eigenvalue weighted by Gasteiger charge is 2.16. The van der Waals surface area contributed by atoms with E-state index < -0.39 is 6.10 Å². The third-order valence-electron chi connectivity index (χ3n) is 3.16. The van der Waals surface area contributed by atoms with Crippen molar-refractivity contribution >= 4 is 22.6 Å². The summed E-state index contributed by atoms with van der Waals surface area (Å²) < 4.78 is 7.29. The highest BCUT2D eigenvalue weighted by atomic mass is 35.5. The minimum atomic E-state index is -0.748. The summed E-state index contributed by atoms with van der Waals surface area (Å²) in [4.78, 5) is 0. The largest absolute Gasteiger partial charge is 0.458 e. The van der Waals surface area contributed by atoms with E-state index in [1.807, 2.05) is 37.3 Å². The van der Waals surface area contributed by atoms with Crippen molar-refractivity contribution in [3.63, 3.8) is 0 Å². The zero-order valence-electron chi connectivity index (χ0n) is 10.4. The molecular weight excluding hydrogens is 264 g/mol. The first-order valence-corrected chi connectivity index (χ1v) is 6.37. The van der Waals surface area contributed by atoms with E-state index in [0.717, 1.165) is 16.7 Å². The van der Waals surface area contributed by atoms with Gasteiger partial charge in [0.05, 0.1) is 23.5 Å². The van der Waals surface area contributed by atoms with Crippen molar-refractivity contribution in [2.24, 2.45) is 0 Å². The fraction of sp³-hybridized carbons (Fsp3) is 0.214. The molecule has 0 spiro atoms. The van der Waals surface area contributed by atoms with E-state index in [4.69, 9.17) is 16.0 Å². The molecule has 2 heterocycles. The Bertz CT molecular complexity index is 684. The van der Waals surface area contributed by atoms with Gasteiger partial charge in [0.25, 0.3) is 0 Å². The minimum absolute atomic E-state index is 0.318. The summed E-state index contributed by atoms with van der Waals surface area (Å²) >= 11 is 5.93. The number of fused-ring (bicyclic) bond motifs is 1. The number of hydrogen-bond donors (Lipinski definition) is 1. The first kappa shape index (κ1) is 12.3. The van der Waals surface area contributed by atoms with E-state index in [-0.39, 0.29) is 0 Å². The Balaban J connectivity index is 1.87. The summed E-state index contributed by atoms with van der Waals surface area (Å²) in [5.41, 5.74) is 1.60. The number of furan rings is 1. The molecule has 19 heavy (non-hydrogen) atoms. The summed E-state index contributed by atoms with van der Waals surface area (Å²) in [6.07, 6.45) is 0.824. The van der Waals surface area contributed by atoms with Crippen LogP contribution >= 0.6 is 11.6 Å². The third-order valence-corrected chi connectivity index (χ3v) is 3.53. The lowest BCUT2D eigenvalue weighted by Crippen LogP contribution is -2.10. The molecule has 3 aromatic rings. The van der Waals surface area contributed by atoms with Crippen molar-refractivity contribution in [2.75, 3.05) is 0 Å². The second-order valence-corrected chi connectivity index (χ2v) is 4.87. The predicted octanol–water partition coefficient (Wildman–Crippen LogP) is 3.32. The van der Waals surface area contributed by atoms with Crippen molar-refractivity contribution in [3.05, 3.63) is 53.0 Å². The van der Waals surface area contributed by atoms with E-state index in [1.165, 1.54) is 0 Å². The molecular formula is C14H13ClN2O2. The molecule has 3 rings (SSSR count). The van der Waals surface area contributed by atoms with Crippen LogP contribution in [-0.2, 0) is 6.54 Å². The van der Waals surface area contributed by atoms with Crippen LogP contribution < -0.4 is 0 Å². The molecule has 0 aliphatic carbocycles. The van der Waals surface area contributed by atoms with Crippen LogP contribution in [0.1, 0.15) is 17.6 Å². The van der Waals surface area contributed by atoms with Gasteiger partial charge in [0, 0.05) is 5.39 Å². The SMILES string of the molecule is Cc1c(Cl)cnn1CC(O)c1cc2ccccc2o1. The van der Waals surface area contributed by atoms with Crippen LogP contribution in [0.25, 0.3) is 11.0 Å². The lowest BCUT2D eigenvalue weighted by molar-refractivity contribution is 0.127. The van der Waals surface area contributed by atoms with Gasteiger partial charge in [0.2, 0.25) is 0 Å². The summed E-state index contributed by atoms with van der Waals surface area (Å²) in [5.74, 6) is 0.534. The topological polar surface area (TPSA) is 51.2 Å². The standard InChI is InChI=1S/C14H13ClN2O2/c1-9-11(15)7-16-17(9)8-12(18)14-6-10-4-2-3-5-13(10)19-14/h2-7,12,18H,8H2,1H3. The Labute approximate surface area is 115 Å². The number of aromatic nitrogens is 2. The first-order valence-electron chi connectivity index (χ1n) is 5.99. The molecule has 98 valence electrons. The van der Waals surface area contributed by atoms with Crippen molar-refractivity contribution in [3.8, 4) is 0 Å². The van der Waals surface area contributed by atoms with Gasteiger partial charge in [-0.1, -0.05) is 29.8 Å². The zero-order valence-corrected chi connectivity index (χ0v) is 11.1. The van der Waals surface area contributed by atoms with E-state index in [1.54, 1.807) is 10.9 Å². The summed E-state index contributed by atoms with van der Waals surface area (Å²) in [7, 11) is 0. The quantitative estimate of drug-likeness (QED) is 0.798. The van der Waals surface area contributed by atoms with E-state index in [2.05, 4.69) is 5.10 Å². The number of rotatable bonds is 3. The van der Waals surface area contributed by atoms with Gasteiger partial charge in [-0.05, 0) is 19.1 Å². The molecule has 2 aromatic heterocycles. The molecule has 1 atom stereocenters. The monoisotopic (exact) mass is 276 g/mol. The van der Waals surface area contributed by atoms with Gasteiger partial charge in [-0.2, -0.15) is 5.10 Å². The zero-order chi connectivity index (χ0) is 13.4. The number of nitrogens with zero attached hydrogens (tertiary/aromatic N) is 2. The average molecular weight is 277 g/mol. The predicted molar refractivity (Wildman–Crippen MR) is 73.1 cm³/mol. The average Bonchev–Trinajstić information content (AvgIpc) is 2.97. The Morgan fingerprint density at radius 1 is 1.42 bits per heavy atom. The van der Waals surface area contributed by atoms with Crippen molar-refractivity contribution in [1.29, 1.82) is 0 Å². The van der Waals surface area contributed by atoms with E-state index >= 15 is 0 Å². The number of para-hydroxylation sites is 1. The van der Waals surface area contributed by atoms with Crippen molar-refractivity contribution in [1.82, 2.24) is 9.78 Å². The molecule has 1 aromatic carbocycles. The molecule has 0 saturated carbocycles. The Hall–Kier alpha value is -1.78. The van der Waals surface area contributed by atoms with Gasteiger partial charge in [-0.15, -0.1) is 0 Å². The first-order chi connectivity index (χ1) is 9.15. The maximum absolute atomic E-state index is 10.2. The highest BCUT2D eigenvalue weighted by Crippen LogP contribution is 2.25. The molecule has 0 saturated heterocycles. The molecule has 1 N–H and O–H groups in total. The van der Waals surface area contributed by atoms with Crippen molar-refractivity contribution in [2.45, 2.75) is 19.6 Å². The maximum atomic E-state index is 10.2. The summed E-state index contributed by atoms with van der Waals surface area (Å²) in [6, 6.07) is 9.51. The number of benzene rings is 1. The smallest absolute Gasteiger partial charge is 0.135 e. The van der Waals surface area contributed by atoms with Crippen LogP contribution in [0.5, 0.6) is 0 Å². The normalized spacial score (nSPS) is 13.0. The maximum Gasteiger partial charge on any atom is 0.135 e. The van der Waals surface area contributed by atoms with Gasteiger partial charge >= 0.3 is 0 Å². The summed E-state index contributed by atoms with van der Waals surface area (Å²) in [5, 5.41) is 15.9. The van der Waals surface area contributed by atoms with Gasteiger partial charge in [-0.25, -0.2) is 0 Å². The third kappa shape index (κ3) is 2.25. The fourth-order valence-electron chi connectivity index (χ4n) is 2.03. The molecule has 0 radical (unpaired) electrons. The second-order valence-electron chi connectivity index (χ2n) is 4.46. The molecule has 5 heteroatoms. The van der Waals surface area contributed by atoms with E-state index in [0.29, 0.717) is 17.3 Å². The fourth-order valence-corrected chi connectivity index (χ4v) is 2.17. The number of halogens is 1. The lowest BCUT2D eigenvalue weighted by atomic mass is 10.2. The van der Waals surface area contributed by atoms with Gasteiger partial charge in [0.15, 0.2) is 0 Å². The van der Waals surface area contributed by atoms with Crippen LogP contribution in [0, 0.1) is 6.92 Å². The molecule has 0 aliphatic rings. The molecule has 0 amide bonds.